The Morgan fingerprint density at radius 2 is 1.91 bits per heavy atom. The lowest BCUT2D eigenvalue weighted by molar-refractivity contribution is 0.602. The van der Waals surface area contributed by atoms with Crippen LogP contribution in [-0.2, 0) is 16.6 Å². The molecule has 0 bridgehead atoms. The first-order valence-electron chi connectivity index (χ1n) is 6.79. The molecule has 3 aromatic rings. The molecule has 0 atom stereocenters. The van der Waals surface area contributed by atoms with Crippen molar-refractivity contribution in [2.45, 2.75) is 17.7 Å². The highest BCUT2D eigenvalue weighted by Crippen LogP contribution is 2.26. The van der Waals surface area contributed by atoms with E-state index in [2.05, 4.69) is 9.82 Å². The Kier molecular flexibility index (Phi) is 4.43. The fraction of sp³-hybridized carbons (Fsp3) is 0.133. The number of nitrogens with one attached hydrogen (secondary N) is 1. The van der Waals surface area contributed by atoms with Crippen LogP contribution in [0.25, 0.3) is 0 Å². The van der Waals surface area contributed by atoms with Gasteiger partial charge in [0.1, 0.15) is 4.21 Å². The van der Waals surface area contributed by atoms with E-state index in [0.717, 1.165) is 16.9 Å². The summed E-state index contributed by atoms with van der Waals surface area (Å²) in [5.41, 5.74) is 2.29. The molecule has 120 valence electrons. The zero-order chi connectivity index (χ0) is 16.4. The maximum atomic E-state index is 12.2. The fourth-order valence-electron chi connectivity index (χ4n) is 2.01. The third-order valence-corrected chi connectivity index (χ3v) is 6.24. The summed E-state index contributed by atoms with van der Waals surface area (Å²) in [6.07, 6.45) is 1.74. The molecule has 0 spiro atoms. The predicted molar refractivity (Wildman–Crippen MR) is 92.6 cm³/mol. The van der Waals surface area contributed by atoms with Crippen molar-refractivity contribution in [3.05, 3.63) is 64.1 Å². The van der Waals surface area contributed by atoms with Crippen molar-refractivity contribution in [1.29, 1.82) is 0 Å². The van der Waals surface area contributed by atoms with E-state index in [1.54, 1.807) is 23.0 Å². The normalized spacial score (nSPS) is 11.6. The lowest BCUT2D eigenvalue weighted by Gasteiger charge is -2.04. The minimum Gasteiger partial charge on any atom is -0.266 e. The molecular formula is C15H14ClN3O2S2. The van der Waals surface area contributed by atoms with Gasteiger partial charge in [-0.2, -0.15) is 5.10 Å². The summed E-state index contributed by atoms with van der Waals surface area (Å²) >= 11 is 6.79. The van der Waals surface area contributed by atoms with Crippen LogP contribution in [-0.4, -0.2) is 18.2 Å². The highest BCUT2D eigenvalue weighted by Gasteiger charge is 2.17. The quantitative estimate of drug-likeness (QED) is 0.746. The van der Waals surface area contributed by atoms with Gasteiger partial charge in [-0.1, -0.05) is 41.4 Å². The SMILES string of the molecule is Cc1ccc(Cn2ccc(NS(=O)(=O)c3ccc(Cl)s3)n2)cc1. The van der Waals surface area contributed by atoms with Gasteiger partial charge in [0, 0.05) is 12.3 Å². The highest BCUT2D eigenvalue weighted by atomic mass is 35.5. The number of hydrogen-bond acceptors (Lipinski definition) is 4. The predicted octanol–water partition coefficient (Wildman–Crippen LogP) is 3.76. The molecule has 0 amide bonds. The van der Waals surface area contributed by atoms with Gasteiger partial charge in [0.25, 0.3) is 10.0 Å². The third-order valence-electron chi connectivity index (χ3n) is 3.16. The molecule has 0 aliphatic heterocycles. The minimum absolute atomic E-state index is 0.163. The first kappa shape index (κ1) is 16.0. The van der Waals surface area contributed by atoms with Crippen LogP contribution in [0.1, 0.15) is 11.1 Å². The summed E-state index contributed by atoms with van der Waals surface area (Å²) in [5, 5.41) is 4.24. The second kappa shape index (κ2) is 6.35. The van der Waals surface area contributed by atoms with E-state index in [-0.39, 0.29) is 10.0 Å². The van der Waals surface area contributed by atoms with Crippen LogP contribution < -0.4 is 4.72 Å². The van der Waals surface area contributed by atoms with Crippen molar-refractivity contribution in [3.8, 4) is 0 Å². The Hall–Kier alpha value is -1.83. The van der Waals surface area contributed by atoms with E-state index in [1.807, 2.05) is 31.2 Å². The molecule has 0 aliphatic rings. The van der Waals surface area contributed by atoms with Crippen molar-refractivity contribution in [1.82, 2.24) is 9.78 Å². The lowest BCUT2D eigenvalue weighted by Crippen LogP contribution is -2.12. The number of thiophene rings is 1. The van der Waals surface area contributed by atoms with Crippen LogP contribution in [0, 0.1) is 6.92 Å². The smallest absolute Gasteiger partial charge is 0.266 e. The summed E-state index contributed by atoms with van der Waals surface area (Å²) in [6, 6.07) is 12.8. The molecule has 3 rings (SSSR count). The number of nitrogens with zero attached hydrogens (tertiary/aromatic N) is 2. The van der Waals surface area contributed by atoms with Crippen molar-refractivity contribution in [2.24, 2.45) is 0 Å². The number of aryl methyl sites for hydroxylation is 1. The van der Waals surface area contributed by atoms with Crippen LogP contribution in [0.3, 0.4) is 0 Å². The van der Waals surface area contributed by atoms with Gasteiger partial charge < -0.3 is 0 Å². The number of aromatic nitrogens is 2. The lowest BCUT2D eigenvalue weighted by atomic mass is 10.1. The van der Waals surface area contributed by atoms with Crippen LogP contribution in [0.15, 0.2) is 52.9 Å². The molecule has 2 aromatic heterocycles. The van der Waals surface area contributed by atoms with E-state index in [0.29, 0.717) is 10.9 Å². The standard InChI is InChI=1S/C15H14ClN3O2S2/c1-11-2-4-12(5-3-11)10-19-9-8-14(17-19)18-23(20,21)15-7-6-13(16)22-15/h2-9H,10H2,1H3,(H,17,18). The summed E-state index contributed by atoms with van der Waals surface area (Å²) in [6.45, 7) is 2.61. The molecule has 0 aliphatic carbocycles. The van der Waals surface area contributed by atoms with Crippen LogP contribution >= 0.6 is 22.9 Å². The topological polar surface area (TPSA) is 64.0 Å². The summed E-state index contributed by atoms with van der Waals surface area (Å²) in [5.74, 6) is 0.279. The van der Waals surface area contributed by atoms with Gasteiger partial charge in [-0.3, -0.25) is 9.40 Å². The zero-order valence-corrected chi connectivity index (χ0v) is 14.6. The molecule has 0 saturated carbocycles. The van der Waals surface area contributed by atoms with Gasteiger partial charge in [0.2, 0.25) is 0 Å². The monoisotopic (exact) mass is 367 g/mol. The van der Waals surface area contributed by atoms with Crippen molar-refractivity contribution in [3.63, 3.8) is 0 Å². The van der Waals surface area contributed by atoms with E-state index < -0.39 is 10.0 Å². The van der Waals surface area contributed by atoms with E-state index >= 15 is 0 Å². The van der Waals surface area contributed by atoms with Gasteiger partial charge in [0.05, 0.1) is 10.9 Å². The summed E-state index contributed by atoms with van der Waals surface area (Å²) < 4.78 is 29.2. The average Bonchev–Trinajstić information content (AvgIpc) is 3.11. The first-order chi connectivity index (χ1) is 10.9. The largest absolute Gasteiger partial charge is 0.272 e. The zero-order valence-electron chi connectivity index (χ0n) is 12.2. The Balaban J connectivity index is 1.73. The first-order valence-corrected chi connectivity index (χ1v) is 9.47. The highest BCUT2D eigenvalue weighted by molar-refractivity contribution is 7.94. The Morgan fingerprint density at radius 1 is 1.17 bits per heavy atom. The number of anilines is 1. The Morgan fingerprint density at radius 3 is 2.57 bits per heavy atom. The second-order valence-electron chi connectivity index (χ2n) is 5.05. The molecule has 0 radical (unpaired) electrons. The molecule has 0 fully saturated rings. The Labute approximate surface area is 143 Å². The molecule has 1 N–H and O–H groups in total. The number of rotatable bonds is 5. The van der Waals surface area contributed by atoms with E-state index in [4.69, 9.17) is 11.6 Å². The maximum Gasteiger partial charge on any atom is 0.272 e. The number of hydrogen-bond donors (Lipinski definition) is 1. The van der Waals surface area contributed by atoms with Crippen LogP contribution in [0.2, 0.25) is 4.34 Å². The second-order valence-corrected chi connectivity index (χ2v) is 8.67. The van der Waals surface area contributed by atoms with Gasteiger partial charge in [0.15, 0.2) is 5.82 Å². The molecule has 0 unspecified atom stereocenters. The number of benzene rings is 1. The molecule has 2 heterocycles. The summed E-state index contributed by atoms with van der Waals surface area (Å²) in [4.78, 5) is 0. The van der Waals surface area contributed by atoms with E-state index in [1.165, 1.54) is 11.6 Å². The van der Waals surface area contributed by atoms with Crippen LogP contribution in [0.5, 0.6) is 0 Å². The van der Waals surface area contributed by atoms with Crippen molar-refractivity contribution in [2.75, 3.05) is 4.72 Å². The molecule has 0 saturated heterocycles. The Bertz CT molecular complexity index is 914. The fourth-order valence-corrected chi connectivity index (χ4v) is 4.49. The van der Waals surface area contributed by atoms with Crippen LogP contribution in [0.4, 0.5) is 5.82 Å². The molecule has 23 heavy (non-hydrogen) atoms. The number of halogens is 1. The van der Waals surface area contributed by atoms with Gasteiger partial charge in [-0.05, 0) is 24.6 Å². The number of sulfonamides is 1. The maximum absolute atomic E-state index is 12.2. The molecule has 5 nitrogen and oxygen atoms in total. The third kappa shape index (κ3) is 3.93. The van der Waals surface area contributed by atoms with E-state index in [9.17, 15) is 8.42 Å². The van der Waals surface area contributed by atoms with Crippen molar-refractivity contribution < 1.29 is 8.42 Å². The van der Waals surface area contributed by atoms with Gasteiger partial charge >= 0.3 is 0 Å². The molecule has 1 aromatic carbocycles. The minimum atomic E-state index is -3.65. The average molecular weight is 368 g/mol. The van der Waals surface area contributed by atoms with Crippen molar-refractivity contribution >= 4 is 38.8 Å². The van der Waals surface area contributed by atoms with Gasteiger partial charge in [-0.15, -0.1) is 11.3 Å². The molecular weight excluding hydrogens is 354 g/mol. The molecule has 8 heteroatoms. The van der Waals surface area contributed by atoms with Gasteiger partial charge in [-0.25, -0.2) is 8.42 Å². The summed E-state index contributed by atoms with van der Waals surface area (Å²) in [7, 11) is -3.65.